The molecule has 26 heavy (non-hydrogen) atoms. The standard InChI is InChI=1S/C18H33NO7/c1-8-23-17(22)25-13(4)24-15(20)10-14(9-12(2)3)11-19-16(21)26-18(5,6)7/h12-14H,8-11H2,1-7H3,(H,19,21)/t13?,14-/m0/s1. The average molecular weight is 375 g/mol. The predicted octanol–water partition coefficient (Wildman–Crippen LogP) is 3.63. The molecule has 0 heterocycles. The van der Waals surface area contributed by atoms with Crippen molar-refractivity contribution in [3.05, 3.63) is 0 Å². The molecule has 1 N–H and O–H groups in total. The van der Waals surface area contributed by atoms with Gasteiger partial charge in [-0.2, -0.15) is 0 Å². The Morgan fingerprint density at radius 1 is 1.04 bits per heavy atom. The normalized spacial score (nSPS) is 13.5. The van der Waals surface area contributed by atoms with Gasteiger partial charge in [0.15, 0.2) is 0 Å². The summed E-state index contributed by atoms with van der Waals surface area (Å²) < 4.78 is 19.7. The lowest BCUT2D eigenvalue weighted by atomic mass is 9.94. The Balaban J connectivity index is 4.48. The van der Waals surface area contributed by atoms with Gasteiger partial charge < -0.3 is 24.3 Å². The number of alkyl carbamates (subject to hydrolysis) is 1. The van der Waals surface area contributed by atoms with Crippen molar-refractivity contribution in [1.82, 2.24) is 5.32 Å². The van der Waals surface area contributed by atoms with Crippen LogP contribution >= 0.6 is 0 Å². The van der Waals surface area contributed by atoms with E-state index in [2.05, 4.69) is 10.1 Å². The first-order chi connectivity index (χ1) is 11.9. The molecular formula is C18H33NO7. The highest BCUT2D eigenvalue weighted by atomic mass is 16.8. The zero-order chi connectivity index (χ0) is 20.3. The van der Waals surface area contributed by atoms with Gasteiger partial charge in [0.2, 0.25) is 6.29 Å². The SMILES string of the molecule is CCOC(=O)OC(C)OC(=O)C[C@@H](CNC(=O)OC(C)(C)C)CC(C)C. The number of nitrogens with one attached hydrogen (secondary N) is 1. The zero-order valence-corrected chi connectivity index (χ0v) is 16.9. The van der Waals surface area contributed by atoms with E-state index in [0.717, 1.165) is 6.42 Å². The van der Waals surface area contributed by atoms with Crippen LogP contribution in [0.2, 0.25) is 0 Å². The highest BCUT2D eigenvalue weighted by Crippen LogP contribution is 2.17. The minimum absolute atomic E-state index is 0.0878. The molecule has 152 valence electrons. The van der Waals surface area contributed by atoms with E-state index in [9.17, 15) is 14.4 Å². The van der Waals surface area contributed by atoms with Crippen LogP contribution in [0.3, 0.4) is 0 Å². The van der Waals surface area contributed by atoms with Crippen LogP contribution in [0.4, 0.5) is 9.59 Å². The molecule has 0 aliphatic heterocycles. The van der Waals surface area contributed by atoms with Gasteiger partial charge in [0.25, 0.3) is 0 Å². The van der Waals surface area contributed by atoms with E-state index in [0.29, 0.717) is 5.92 Å². The summed E-state index contributed by atoms with van der Waals surface area (Å²) in [6.45, 7) is 12.9. The second kappa shape index (κ2) is 11.6. The number of carbonyl (C=O) groups is 3. The van der Waals surface area contributed by atoms with Gasteiger partial charge in [-0.15, -0.1) is 0 Å². The summed E-state index contributed by atoms with van der Waals surface area (Å²) in [5.41, 5.74) is -0.587. The molecule has 0 radical (unpaired) electrons. The van der Waals surface area contributed by atoms with Gasteiger partial charge in [-0.1, -0.05) is 13.8 Å². The monoisotopic (exact) mass is 375 g/mol. The summed E-state index contributed by atoms with van der Waals surface area (Å²) >= 11 is 0. The maximum absolute atomic E-state index is 12.1. The van der Waals surface area contributed by atoms with Gasteiger partial charge in [0, 0.05) is 13.5 Å². The van der Waals surface area contributed by atoms with Gasteiger partial charge in [0.05, 0.1) is 13.0 Å². The van der Waals surface area contributed by atoms with Crippen molar-refractivity contribution in [3.63, 3.8) is 0 Å². The molecule has 0 aromatic rings. The summed E-state index contributed by atoms with van der Waals surface area (Å²) in [6, 6.07) is 0. The van der Waals surface area contributed by atoms with Crippen LogP contribution < -0.4 is 5.32 Å². The Kier molecular flexibility index (Phi) is 10.7. The van der Waals surface area contributed by atoms with E-state index in [-0.39, 0.29) is 25.5 Å². The van der Waals surface area contributed by atoms with Crippen LogP contribution in [-0.2, 0) is 23.7 Å². The molecule has 1 unspecified atom stereocenters. The summed E-state index contributed by atoms with van der Waals surface area (Å²) in [7, 11) is 0. The maximum Gasteiger partial charge on any atom is 0.511 e. The molecule has 0 aliphatic rings. The smallest absolute Gasteiger partial charge is 0.444 e. The quantitative estimate of drug-likeness (QED) is 0.373. The first-order valence-corrected chi connectivity index (χ1v) is 8.92. The fourth-order valence-corrected chi connectivity index (χ4v) is 2.23. The van der Waals surface area contributed by atoms with Crippen LogP contribution in [0, 0.1) is 11.8 Å². The molecule has 8 heteroatoms. The van der Waals surface area contributed by atoms with Crippen molar-refractivity contribution in [2.45, 2.75) is 73.2 Å². The third kappa shape index (κ3) is 13.3. The average Bonchev–Trinajstić information content (AvgIpc) is 2.42. The molecule has 0 aliphatic carbocycles. The van der Waals surface area contributed by atoms with E-state index >= 15 is 0 Å². The number of hydrogen-bond acceptors (Lipinski definition) is 7. The zero-order valence-electron chi connectivity index (χ0n) is 16.9. The van der Waals surface area contributed by atoms with Gasteiger partial charge in [-0.05, 0) is 46.0 Å². The molecule has 0 fully saturated rings. The largest absolute Gasteiger partial charge is 0.511 e. The Morgan fingerprint density at radius 2 is 1.65 bits per heavy atom. The molecule has 0 saturated heterocycles. The third-order valence-electron chi connectivity index (χ3n) is 3.02. The van der Waals surface area contributed by atoms with Gasteiger partial charge >= 0.3 is 18.2 Å². The highest BCUT2D eigenvalue weighted by molar-refractivity contribution is 5.70. The summed E-state index contributed by atoms with van der Waals surface area (Å²) in [6.07, 6.45) is -1.65. The van der Waals surface area contributed by atoms with Crippen LogP contribution in [0.25, 0.3) is 0 Å². The molecule has 2 atom stereocenters. The van der Waals surface area contributed by atoms with E-state index in [1.165, 1.54) is 6.92 Å². The molecule has 8 nitrogen and oxygen atoms in total. The van der Waals surface area contributed by atoms with Crippen molar-refractivity contribution in [3.8, 4) is 0 Å². The lowest BCUT2D eigenvalue weighted by Gasteiger charge is -2.23. The van der Waals surface area contributed by atoms with E-state index in [1.807, 2.05) is 13.8 Å². The fraction of sp³-hybridized carbons (Fsp3) is 0.833. The minimum Gasteiger partial charge on any atom is -0.444 e. The van der Waals surface area contributed by atoms with E-state index < -0.39 is 30.1 Å². The first-order valence-electron chi connectivity index (χ1n) is 8.92. The van der Waals surface area contributed by atoms with Crippen molar-refractivity contribution in [1.29, 1.82) is 0 Å². The molecule has 0 aromatic carbocycles. The highest BCUT2D eigenvalue weighted by Gasteiger charge is 2.22. The Bertz CT molecular complexity index is 457. The van der Waals surface area contributed by atoms with Crippen molar-refractivity contribution in [2.75, 3.05) is 13.2 Å². The van der Waals surface area contributed by atoms with Crippen LogP contribution in [-0.4, -0.2) is 43.3 Å². The van der Waals surface area contributed by atoms with Gasteiger partial charge in [0.1, 0.15) is 5.60 Å². The fourth-order valence-electron chi connectivity index (χ4n) is 2.23. The van der Waals surface area contributed by atoms with Crippen molar-refractivity contribution in [2.24, 2.45) is 11.8 Å². The predicted molar refractivity (Wildman–Crippen MR) is 95.5 cm³/mol. The summed E-state index contributed by atoms with van der Waals surface area (Å²) in [5.74, 6) is -0.301. The van der Waals surface area contributed by atoms with Crippen LogP contribution in [0.1, 0.15) is 61.3 Å². The minimum atomic E-state index is -1.04. The number of esters is 1. The van der Waals surface area contributed by atoms with Crippen molar-refractivity contribution >= 4 is 18.2 Å². The molecule has 0 rings (SSSR count). The van der Waals surface area contributed by atoms with Crippen LogP contribution in [0.5, 0.6) is 0 Å². The first kappa shape index (κ1) is 24.0. The van der Waals surface area contributed by atoms with Gasteiger partial charge in [-0.3, -0.25) is 4.79 Å². The number of hydrogen-bond donors (Lipinski definition) is 1. The maximum atomic E-state index is 12.1. The lowest BCUT2D eigenvalue weighted by Crippen LogP contribution is -2.36. The Labute approximate surface area is 155 Å². The molecule has 1 amide bonds. The second-order valence-corrected chi connectivity index (χ2v) is 7.44. The number of rotatable bonds is 9. The molecular weight excluding hydrogens is 342 g/mol. The Hall–Kier alpha value is -1.99. The number of ether oxygens (including phenoxy) is 4. The van der Waals surface area contributed by atoms with E-state index in [1.54, 1.807) is 27.7 Å². The number of amides is 1. The van der Waals surface area contributed by atoms with Crippen molar-refractivity contribution < 1.29 is 33.3 Å². The van der Waals surface area contributed by atoms with Crippen LogP contribution in [0.15, 0.2) is 0 Å². The third-order valence-corrected chi connectivity index (χ3v) is 3.02. The summed E-state index contributed by atoms with van der Waals surface area (Å²) in [5, 5.41) is 2.68. The second-order valence-electron chi connectivity index (χ2n) is 7.44. The lowest BCUT2D eigenvalue weighted by molar-refractivity contribution is -0.169. The Morgan fingerprint density at radius 3 is 2.15 bits per heavy atom. The number of carbonyl (C=O) groups excluding carboxylic acids is 3. The molecule has 0 spiro atoms. The molecule has 0 aromatic heterocycles. The topological polar surface area (TPSA) is 100 Å². The molecule has 0 saturated carbocycles. The van der Waals surface area contributed by atoms with Gasteiger partial charge in [-0.25, -0.2) is 9.59 Å². The molecule has 0 bridgehead atoms. The van der Waals surface area contributed by atoms with E-state index in [4.69, 9.17) is 14.2 Å². The summed E-state index contributed by atoms with van der Waals surface area (Å²) in [4.78, 5) is 35.0.